The molecule has 2 heterocycles. The number of fused-ring (bicyclic) bond motifs is 1. The molecule has 0 spiro atoms. The molecule has 1 aliphatic rings. The van der Waals surface area contributed by atoms with Gasteiger partial charge in [-0.1, -0.05) is 47.6 Å². The van der Waals surface area contributed by atoms with Gasteiger partial charge in [-0.15, -0.1) is 11.3 Å². The molecule has 1 N–H and O–H groups in total. The van der Waals surface area contributed by atoms with E-state index < -0.39 is 0 Å². The number of allylic oxidation sites excluding steroid dienone is 1. The van der Waals surface area contributed by atoms with Crippen molar-refractivity contribution in [1.82, 2.24) is 0 Å². The lowest BCUT2D eigenvalue weighted by Crippen LogP contribution is -2.22. The first-order chi connectivity index (χ1) is 12.7. The lowest BCUT2D eigenvalue weighted by molar-refractivity contribution is 0.474. The van der Waals surface area contributed by atoms with Crippen LogP contribution in [0.1, 0.15) is 10.4 Å². The summed E-state index contributed by atoms with van der Waals surface area (Å²) in [7, 11) is 0. The van der Waals surface area contributed by atoms with E-state index in [0.29, 0.717) is 5.75 Å². The van der Waals surface area contributed by atoms with Crippen LogP contribution in [-0.4, -0.2) is 11.7 Å². The Morgan fingerprint density at radius 2 is 2.00 bits per heavy atom. The highest BCUT2D eigenvalue weighted by Gasteiger charge is 2.16. The molecule has 0 amide bonds. The van der Waals surface area contributed by atoms with Crippen LogP contribution in [0.5, 0.6) is 5.75 Å². The molecule has 0 saturated heterocycles. The van der Waals surface area contributed by atoms with Crippen LogP contribution in [0.4, 0.5) is 5.69 Å². The summed E-state index contributed by atoms with van der Waals surface area (Å²) in [6.45, 7) is 0.850. The van der Waals surface area contributed by atoms with Crippen molar-refractivity contribution in [3.05, 3.63) is 82.3 Å². The first kappa shape index (κ1) is 17.5. The van der Waals surface area contributed by atoms with Crippen molar-refractivity contribution in [3.63, 3.8) is 0 Å². The number of benzene rings is 2. The molecule has 0 unspecified atom stereocenters. The van der Waals surface area contributed by atoms with Crippen LogP contribution in [-0.2, 0) is 12.8 Å². The summed E-state index contributed by atoms with van der Waals surface area (Å²) >= 11 is 9.62. The Bertz CT molecular complexity index is 951. The van der Waals surface area contributed by atoms with Gasteiger partial charge in [-0.3, -0.25) is 0 Å². The molecule has 2 aromatic carbocycles. The first-order valence-corrected chi connectivity index (χ1v) is 10.5. The third kappa shape index (κ3) is 3.93. The number of para-hydroxylation sites is 1. The van der Waals surface area contributed by atoms with Crippen molar-refractivity contribution >= 4 is 40.4 Å². The second-order valence-corrected chi connectivity index (χ2v) is 9.08. The van der Waals surface area contributed by atoms with E-state index in [9.17, 15) is 5.11 Å². The van der Waals surface area contributed by atoms with Gasteiger partial charge in [0, 0.05) is 27.5 Å². The van der Waals surface area contributed by atoms with Crippen molar-refractivity contribution in [2.24, 2.45) is 0 Å². The van der Waals surface area contributed by atoms with Crippen LogP contribution in [0, 0.1) is 0 Å². The van der Waals surface area contributed by atoms with E-state index >= 15 is 0 Å². The van der Waals surface area contributed by atoms with Crippen LogP contribution in [0.2, 0.25) is 5.02 Å². The largest absolute Gasteiger partial charge is 0.506 e. The zero-order chi connectivity index (χ0) is 17.9. The lowest BCUT2D eigenvalue weighted by atomic mass is 10.0. The summed E-state index contributed by atoms with van der Waals surface area (Å²) in [5.74, 6) is 0.357. The molecule has 0 saturated carbocycles. The van der Waals surface area contributed by atoms with Crippen LogP contribution >= 0.6 is 34.7 Å². The number of nitrogens with zero attached hydrogens (tertiary/aromatic N) is 1. The molecule has 4 rings (SSSR count). The van der Waals surface area contributed by atoms with E-state index in [1.807, 2.05) is 35.6 Å². The van der Waals surface area contributed by atoms with Crippen LogP contribution < -0.4 is 4.90 Å². The number of hydrogen-bond donors (Lipinski definition) is 1. The molecule has 0 aliphatic carbocycles. The van der Waals surface area contributed by atoms with Crippen LogP contribution in [0.15, 0.2) is 76.0 Å². The topological polar surface area (TPSA) is 23.5 Å². The summed E-state index contributed by atoms with van der Waals surface area (Å²) < 4.78 is 1.26. The number of hydrogen-bond acceptors (Lipinski definition) is 4. The first-order valence-electron chi connectivity index (χ1n) is 8.45. The summed E-state index contributed by atoms with van der Waals surface area (Å²) in [4.78, 5) is 4.65. The van der Waals surface area contributed by atoms with Gasteiger partial charge in [0.15, 0.2) is 0 Å². The molecule has 0 bridgehead atoms. The normalized spacial score (nSPS) is 13.0. The Hall–Kier alpha value is -1.88. The summed E-state index contributed by atoms with van der Waals surface area (Å²) in [5.41, 5.74) is 2.12. The van der Waals surface area contributed by atoms with E-state index in [2.05, 4.69) is 41.4 Å². The summed E-state index contributed by atoms with van der Waals surface area (Å²) in [6.07, 6.45) is 6.05. The van der Waals surface area contributed by atoms with Crippen LogP contribution in [0.25, 0.3) is 0 Å². The predicted octanol–water partition coefficient (Wildman–Crippen LogP) is 6.38. The second kappa shape index (κ2) is 7.78. The van der Waals surface area contributed by atoms with Crippen molar-refractivity contribution in [3.8, 4) is 5.75 Å². The molecule has 26 heavy (non-hydrogen) atoms. The standard InChI is InChI=1S/C21H18ClNOS2/c22-16-6-2-7-18(14-16)26-20-10-9-17(25-20)11-13-23-12-3-5-15-4-1-8-19(24)21(15)23/h1-4,6-10,12,14,24H,5,11,13H2. The fourth-order valence-electron chi connectivity index (χ4n) is 3.07. The number of phenolic OH excluding ortho intramolecular Hbond substituents is 1. The fourth-order valence-corrected chi connectivity index (χ4v) is 5.52. The molecule has 1 aliphatic heterocycles. The number of rotatable bonds is 5. The van der Waals surface area contributed by atoms with Gasteiger partial charge in [-0.05, 0) is 54.8 Å². The predicted molar refractivity (Wildman–Crippen MR) is 112 cm³/mol. The molecule has 3 aromatic rings. The Morgan fingerprint density at radius 1 is 1.12 bits per heavy atom. The molecule has 0 atom stereocenters. The van der Waals surface area contributed by atoms with Crippen molar-refractivity contribution < 1.29 is 5.11 Å². The molecular formula is C21H18ClNOS2. The summed E-state index contributed by atoms with van der Waals surface area (Å²) in [5, 5.41) is 11.0. The van der Waals surface area contributed by atoms with E-state index in [4.69, 9.17) is 11.6 Å². The molecule has 5 heteroatoms. The smallest absolute Gasteiger partial charge is 0.139 e. The number of anilines is 1. The highest BCUT2D eigenvalue weighted by atomic mass is 35.5. The van der Waals surface area contributed by atoms with Gasteiger partial charge >= 0.3 is 0 Å². The van der Waals surface area contributed by atoms with Gasteiger partial charge in [0.1, 0.15) is 5.75 Å². The average Bonchev–Trinajstić information content (AvgIpc) is 3.07. The molecule has 132 valence electrons. The van der Waals surface area contributed by atoms with E-state index in [1.54, 1.807) is 17.8 Å². The SMILES string of the molecule is Oc1cccc2c1N(CCc1ccc(Sc3cccc(Cl)c3)s1)C=CC2. The average molecular weight is 400 g/mol. The summed E-state index contributed by atoms with van der Waals surface area (Å²) in [6, 6.07) is 18.0. The minimum absolute atomic E-state index is 0.357. The Labute approximate surface area is 166 Å². The van der Waals surface area contributed by atoms with Gasteiger partial charge in [-0.2, -0.15) is 0 Å². The Morgan fingerprint density at radius 3 is 2.88 bits per heavy atom. The lowest BCUT2D eigenvalue weighted by Gasteiger charge is -2.27. The molecular weight excluding hydrogens is 382 g/mol. The van der Waals surface area contributed by atoms with Crippen LogP contribution in [0.3, 0.4) is 0 Å². The highest BCUT2D eigenvalue weighted by molar-refractivity contribution is 8.01. The zero-order valence-corrected chi connectivity index (χ0v) is 16.4. The van der Waals surface area contributed by atoms with E-state index in [0.717, 1.165) is 35.0 Å². The van der Waals surface area contributed by atoms with Gasteiger partial charge in [0.2, 0.25) is 0 Å². The molecule has 0 fully saturated rings. The van der Waals surface area contributed by atoms with E-state index in [-0.39, 0.29) is 0 Å². The number of halogens is 1. The Balaban J connectivity index is 1.43. The number of thiophene rings is 1. The van der Waals surface area contributed by atoms with Gasteiger partial charge in [-0.25, -0.2) is 0 Å². The minimum Gasteiger partial charge on any atom is -0.506 e. The maximum Gasteiger partial charge on any atom is 0.139 e. The molecule has 0 radical (unpaired) electrons. The van der Waals surface area contributed by atoms with Crippen molar-refractivity contribution in [2.45, 2.75) is 21.9 Å². The minimum atomic E-state index is 0.357. The highest BCUT2D eigenvalue weighted by Crippen LogP contribution is 2.36. The van der Waals surface area contributed by atoms with Gasteiger partial charge < -0.3 is 10.0 Å². The second-order valence-electron chi connectivity index (χ2n) is 6.10. The number of phenols is 1. The fraction of sp³-hybridized carbons (Fsp3) is 0.143. The van der Waals surface area contributed by atoms with E-state index in [1.165, 1.54) is 14.6 Å². The molecule has 1 aromatic heterocycles. The third-order valence-corrected chi connectivity index (χ3v) is 6.76. The van der Waals surface area contributed by atoms with Crippen molar-refractivity contribution in [1.29, 1.82) is 0 Å². The van der Waals surface area contributed by atoms with Crippen molar-refractivity contribution in [2.75, 3.05) is 11.4 Å². The third-order valence-electron chi connectivity index (χ3n) is 4.26. The van der Waals surface area contributed by atoms with Gasteiger partial charge in [0.05, 0.1) is 9.90 Å². The molecule has 2 nitrogen and oxygen atoms in total. The zero-order valence-electron chi connectivity index (χ0n) is 14.1. The maximum atomic E-state index is 10.2. The monoisotopic (exact) mass is 399 g/mol. The quantitative estimate of drug-likeness (QED) is 0.538. The Kier molecular flexibility index (Phi) is 5.25. The maximum absolute atomic E-state index is 10.2. The number of aromatic hydroxyl groups is 1. The van der Waals surface area contributed by atoms with Gasteiger partial charge in [0.25, 0.3) is 0 Å².